The third-order valence-corrected chi connectivity index (χ3v) is 3.91. The van der Waals surface area contributed by atoms with Crippen LogP contribution in [0.15, 0.2) is 0 Å². The number of hydrogen-bond donors (Lipinski definition) is 1. The number of rotatable bonds is 3. The van der Waals surface area contributed by atoms with Crippen LogP contribution in [-0.2, 0) is 11.8 Å². The van der Waals surface area contributed by atoms with Gasteiger partial charge in [-0.2, -0.15) is 0 Å². The lowest BCUT2D eigenvalue weighted by Gasteiger charge is -2.15. The fourth-order valence-electron chi connectivity index (χ4n) is 1.90. The highest BCUT2D eigenvalue weighted by atomic mass is 32.1. The van der Waals surface area contributed by atoms with E-state index in [1.165, 1.54) is 23.4 Å². The van der Waals surface area contributed by atoms with E-state index in [1.807, 2.05) is 11.3 Å². The maximum atomic E-state index is 4.69. The van der Waals surface area contributed by atoms with Crippen molar-refractivity contribution in [3.05, 3.63) is 10.6 Å². The minimum atomic E-state index is 0.304. The number of aromatic nitrogens is 1. The Morgan fingerprint density at radius 1 is 1.50 bits per heavy atom. The minimum Gasteiger partial charge on any atom is -0.362 e. The van der Waals surface area contributed by atoms with Crippen molar-refractivity contribution in [3.8, 4) is 0 Å². The largest absolute Gasteiger partial charge is 0.362 e. The maximum absolute atomic E-state index is 4.69. The van der Waals surface area contributed by atoms with Crippen molar-refractivity contribution in [3.63, 3.8) is 0 Å². The third-order valence-electron chi connectivity index (χ3n) is 2.84. The van der Waals surface area contributed by atoms with E-state index in [1.54, 1.807) is 0 Å². The molecular weight excluding hydrogens is 192 g/mol. The average Bonchev–Trinajstić information content (AvgIpc) is 2.65. The van der Waals surface area contributed by atoms with E-state index >= 15 is 0 Å². The molecular formula is C11H18N2S. The van der Waals surface area contributed by atoms with E-state index in [0.29, 0.717) is 5.41 Å². The zero-order valence-corrected chi connectivity index (χ0v) is 10.0. The van der Waals surface area contributed by atoms with Crippen LogP contribution in [0.1, 0.15) is 44.2 Å². The van der Waals surface area contributed by atoms with Crippen molar-refractivity contribution in [1.29, 1.82) is 0 Å². The Morgan fingerprint density at radius 3 is 2.93 bits per heavy atom. The average molecular weight is 210 g/mol. The minimum absolute atomic E-state index is 0.304. The molecule has 0 aromatic carbocycles. The van der Waals surface area contributed by atoms with Crippen molar-refractivity contribution in [2.75, 3.05) is 11.9 Å². The second-order valence-corrected chi connectivity index (χ2v) is 5.69. The number of aryl methyl sites for hydroxylation is 1. The summed E-state index contributed by atoms with van der Waals surface area (Å²) in [5.41, 5.74) is 1.64. The highest BCUT2D eigenvalue weighted by Crippen LogP contribution is 2.41. The lowest BCUT2D eigenvalue weighted by molar-refractivity contribution is 0.510. The summed E-state index contributed by atoms with van der Waals surface area (Å²) < 4.78 is 0. The lowest BCUT2D eigenvalue weighted by atomic mass is 9.91. The summed E-state index contributed by atoms with van der Waals surface area (Å²) in [5.74, 6) is 0. The molecule has 0 saturated heterocycles. The summed E-state index contributed by atoms with van der Waals surface area (Å²) in [5, 5.41) is 4.48. The molecule has 3 heteroatoms. The molecule has 0 spiro atoms. The highest BCUT2D eigenvalue weighted by Gasteiger charge is 2.33. The smallest absolute Gasteiger partial charge is 0.183 e. The van der Waals surface area contributed by atoms with E-state index in [-0.39, 0.29) is 0 Å². The van der Waals surface area contributed by atoms with Gasteiger partial charge in [-0.3, -0.25) is 0 Å². The van der Waals surface area contributed by atoms with Gasteiger partial charge in [-0.15, -0.1) is 11.3 Å². The third kappa shape index (κ3) is 1.65. The summed E-state index contributed by atoms with van der Waals surface area (Å²) in [7, 11) is 0. The Labute approximate surface area is 89.8 Å². The lowest BCUT2D eigenvalue weighted by Crippen LogP contribution is -2.13. The van der Waals surface area contributed by atoms with Crippen molar-refractivity contribution < 1.29 is 0 Å². The van der Waals surface area contributed by atoms with Gasteiger partial charge in [-0.05, 0) is 19.3 Å². The van der Waals surface area contributed by atoms with Crippen LogP contribution >= 0.6 is 11.3 Å². The second-order valence-electron chi connectivity index (χ2n) is 4.60. The van der Waals surface area contributed by atoms with Crippen molar-refractivity contribution >= 4 is 16.5 Å². The van der Waals surface area contributed by atoms with E-state index < -0.39 is 0 Å². The van der Waals surface area contributed by atoms with Gasteiger partial charge < -0.3 is 5.32 Å². The summed E-state index contributed by atoms with van der Waals surface area (Å²) >= 11 is 1.84. The molecule has 1 aromatic heterocycles. The van der Waals surface area contributed by atoms with Crippen LogP contribution in [0.3, 0.4) is 0 Å². The Bertz CT molecular complexity index is 328. The van der Waals surface area contributed by atoms with E-state index in [0.717, 1.165) is 18.1 Å². The Hall–Kier alpha value is -0.570. The van der Waals surface area contributed by atoms with E-state index in [4.69, 9.17) is 0 Å². The fraction of sp³-hybridized carbons (Fsp3) is 0.727. The summed E-state index contributed by atoms with van der Waals surface area (Å²) in [6.07, 6.45) is 3.64. The molecule has 0 amide bonds. The number of anilines is 1. The number of thiazole rings is 1. The van der Waals surface area contributed by atoms with Crippen molar-refractivity contribution in [2.45, 2.75) is 45.4 Å². The first-order valence-corrected chi connectivity index (χ1v) is 6.19. The van der Waals surface area contributed by atoms with Crippen LogP contribution in [0, 0.1) is 0 Å². The first kappa shape index (κ1) is 9.97. The molecule has 1 aliphatic carbocycles. The molecule has 2 rings (SSSR count). The van der Waals surface area contributed by atoms with E-state index in [2.05, 4.69) is 31.1 Å². The van der Waals surface area contributed by atoms with Gasteiger partial charge in [0.2, 0.25) is 0 Å². The van der Waals surface area contributed by atoms with Gasteiger partial charge in [0.25, 0.3) is 0 Å². The van der Waals surface area contributed by atoms with Crippen LogP contribution in [0.5, 0.6) is 0 Å². The molecule has 14 heavy (non-hydrogen) atoms. The number of hydrogen-bond acceptors (Lipinski definition) is 3. The molecule has 78 valence electrons. The molecule has 1 heterocycles. The topological polar surface area (TPSA) is 24.9 Å². The normalized spacial score (nSPS) is 18.2. The number of fused-ring (bicyclic) bond motifs is 1. The molecule has 0 saturated carbocycles. The molecule has 0 unspecified atom stereocenters. The van der Waals surface area contributed by atoms with Crippen molar-refractivity contribution in [2.24, 2.45) is 0 Å². The van der Waals surface area contributed by atoms with Gasteiger partial charge in [-0.25, -0.2) is 4.98 Å². The van der Waals surface area contributed by atoms with Gasteiger partial charge in [0.1, 0.15) is 0 Å². The molecule has 1 aliphatic rings. The molecule has 1 aromatic rings. The zero-order valence-electron chi connectivity index (χ0n) is 9.18. The molecule has 0 bridgehead atoms. The maximum Gasteiger partial charge on any atom is 0.183 e. The summed E-state index contributed by atoms with van der Waals surface area (Å²) in [4.78, 5) is 6.18. The molecule has 0 fully saturated rings. The van der Waals surface area contributed by atoms with E-state index in [9.17, 15) is 0 Å². The van der Waals surface area contributed by atoms with Crippen LogP contribution in [0.4, 0.5) is 5.13 Å². The molecule has 0 atom stereocenters. The Balaban J connectivity index is 2.18. The molecule has 0 radical (unpaired) electrons. The van der Waals surface area contributed by atoms with Gasteiger partial charge in [0.05, 0.1) is 5.69 Å². The first-order valence-electron chi connectivity index (χ1n) is 5.37. The van der Waals surface area contributed by atoms with Gasteiger partial charge in [0.15, 0.2) is 5.13 Å². The van der Waals surface area contributed by atoms with Crippen LogP contribution in [0.25, 0.3) is 0 Å². The van der Waals surface area contributed by atoms with Gasteiger partial charge >= 0.3 is 0 Å². The SMILES string of the molecule is CCCNc1nc2c(s1)CCC2(C)C. The highest BCUT2D eigenvalue weighted by molar-refractivity contribution is 7.15. The second kappa shape index (κ2) is 3.54. The van der Waals surface area contributed by atoms with Crippen LogP contribution in [-0.4, -0.2) is 11.5 Å². The predicted octanol–water partition coefficient (Wildman–Crippen LogP) is 3.19. The Morgan fingerprint density at radius 2 is 2.29 bits per heavy atom. The summed E-state index contributed by atoms with van der Waals surface area (Å²) in [6, 6.07) is 0. The quantitative estimate of drug-likeness (QED) is 0.828. The molecule has 2 nitrogen and oxygen atoms in total. The van der Waals surface area contributed by atoms with Crippen molar-refractivity contribution in [1.82, 2.24) is 4.98 Å². The predicted molar refractivity (Wildman–Crippen MR) is 62.2 cm³/mol. The molecule has 0 aliphatic heterocycles. The fourth-order valence-corrected chi connectivity index (χ4v) is 3.07. The standard InChI is InChI=1S/C11H18N2S/c1-4-7-12-10-13-9-8(14-10)5-6-11(9,2)3/h4-7H2,1-3H3,(H,12,13). The first-order chi connectivity index (χ1) is 6.63. The summed E-state index contributed by atoms with van der Waals surface area (Å²) in [6.45, 7) is 7.80. The Kier molecular flexibility index (Phi) is 2.52. The van der Waals surface area contributed by atoms with Crippen LogP contribution in [0.2, 0.25) is 0 Å². The number of nitrogens with one attached hydrogen (secondary N) is 1. The zero-order chi connectivity index (χ0) is 10.2. The monoisotopic (exact) mass is 210 g/mol. The van der Waals surface area contributed by atoms with Gasteiger partial charge in [0, 0.05) is 16.8 Å². The molecule has 1 N–H and O–H groups in total. The van der Waals surface area contributed by atoms with Crippen LogP contribution < -0.4 is 5.32 Å². The van der Waals surface area contributed by atoms with Gasteiger partial charge in [-0.1, -0.05) is 20.8 Å². The number of nitrogens with zero attached hydrogens (tertiary/aromatic N) is 1.